The summed E-state index contributed by atoms with van der Waals surface area (Å²) in [6.45, 7) is 4.65. The highest BCUT2D eigenvalue weighted by Crippen LogP contribution is 2.56. The lowest BCUT2D eigenvalue weighted by Crippen LogP contribution is -2.25. The lowest BCUT2D eigenvalue weighted by atomic mass is 9.70. The van der Waals surface area contributed by atoms with Crippen molar-refractivity contribution in [2.45, 2.75) is 109 Å². The summed E-state index contributed by atoms with van der Waals surface area (Å²) in [5, 5.41) is 9.36. The van der Waals surface area contributed by atoms with Gasteiger partial charge < -0.3 is 27.9 Å². The van der Waals surface area contributed by atoms with E-state index < -0.39 is 0 Å². The minimum absolute atomic E-state index is 0. The molecule has 4 heterocycles. The number of benzene rings is 13. The van der Waals surface area contributed by atoms with Crippen LogP contribution in [-0.4, -0.2) is 9.13 Å². The molecular formula is C95H80N2O2P-3. The molecule has 4 nitrogen and oxygen atoms in total. The second kappa shape index (κ2) is 26.6. The van der Waals surface area contributed by atoms with Gasteiger partial charge in [-0.15, -0.1) is 0 Å². The molecule has 0 fully saturated rings. The van der Waals surface area contributed by atoms with Crippen molar-refractivity contribution in [3.63, 3.8) is 0 Å². The monoisotopic (exact) mass is 1310 g/mol. The number of unbranched alkanes of at least 4 members (excludes halogenated alkanes) is 10. The van der Waals surface area contributed by atoms with Crippen LogP contribution in [-0.2, 0) is 5.41 Å². The van der Waals surface area contributed by atoms with Crippen molar-refractivity contribution >= 4 is 97.4 Å². The molecule has 1 aliphatic carbocycles. The predicted molar refractivity (Wildman–Crippen MR) is 426 cm³/mol. The highest BCUT2D eigenvalue weighted by molar-refractivity contribution is 6.92. The summed E-state index contributed by atoms with van der Waals surface area (Å²) in [7, 11) is 0. The summed E-state index contributed by atoms with van der Waals surface area (Å²) in [5.41, 5.74) is 28.6. The Morgan fingerprint density at radius 3 is 0.990 bits per heavy atom. The molecule has 13 aromatic carbocycles. The third-order valence-electron chi connectivity index (χ3n) is 22.1. The molecule has 0 atom stereocenters. The molecule has 0 radical (unpaired) electrons. The van der Waals surface area contributed by atoms with Crippen molar-refractivity contribution in [1.82, 2.24) is 9.13 Å². The van der Waals surface area contributed by atoms with E-state index in [1.54, 1.807) is 5.56 Å². The normalized spacial score (nSPS) is 12.7. The predicted octanol–water partition coefficient (Wildman–Crippen LogP) is 28.6. The highest BCUT2D eigenvalue weighted by atomic mass is 31.0. The zero-order valence-corrected chi connectivity index (χ0v) is 58.0. The average Bonchev–Trinajstić information content (AvgIpc) is 1.58. The van der Waals surface area contributed by atoms with Crippen molar-refractivity contribution in [1.29, 1.82) is 0 Å². The maximum atomic E-state index is 6.35. The maximum Gasteiger partial charge on any atom is 0.135 e. The molecule has 490 valence electrons. The standard InChI is InChI=1S/C95H80N2O2.P/c1-3-5-7-9-11-23-53-95(54-24-12-10-8-6-4-2)85-61-71(63-25-15-13-16-26-63)35-45-75(85)76-46-36-72(62-86(76)95)64-33-43-74(44-34-64)97-89-49-38-66(56-81(89)82-58-68(40-50-90(82)97)70-42-52-94-84(60-70)78-30-20-22-32-92(78)99-94)65-37-47-87-79(55-65)80-57-67(39-48-88(80)96(87)73-27-17-14-18-28-73)69-41-51-93-83(59-69)77-29-19-21-31-91(77)98-93;/h13-22,25-52,55-62H,3-12,23-24,53-54H2,1-2H3;/q;-3. The first-order valence-corrected chi connectivity index (χ1v) is 36.5. The molecule has 100 heavy (non-hydrogen) atoms. The first-order chi connectivity index (χ1) is 49.0. The van der Waals surface area contributed by atoms with Gasteiger partial charge >= 0.3 is 0 Å². The Morgan fingerprint density at radius 2 is 0.560 bits per heavy atom. The Hall–Kier alpha value is -10.5. The Bertz CT molecular complexity index is 5890. The molecule has 0 bridgehead atoms. The fraction of sp³-hybridized carbons (Fsp3) is 0.179. The van der Waals surface area contributed by atoms with Gasteiger partial charge in [0.1, 0.15) is 22.3 Å². The van der Waals surface area contributed by atoms with Gasteiger partial charge in [-0.1, -0.05) is 249 Å². The average molecular weight is 1310 g/mol. The van der Waals surface area contributed by atoms with Crippen molar-refractivity contribution < 1.29 is 8.83 Å². The molecule has 4 aromatic heterocycles. The summed E-state index contributed by atoms with van der Waals surface area (Å²) in [6, 6.07) is 105. The van der Waals surface area contributed by atoms with Gasteiger partial charge in [0.05, 0.1) is 22.1 Å². The van der Waals surface area contributed by atoms with Crippen LogP contribution < -0.4 is 0 Å². The number of hydrogen-bond donors (Lipinski definition) is 0. The van der Waals surface area contributed by atoms with Gasteiger partial charge in [0, 0.05) is 59.9 Å². The summed E-state index contributed by atoms with van der Waals surface area (Å²) < 4.78 is 17.5. The molecule has 18 rings (SSSR count). The summed E-state index contributed by atoms with van der Waals surface area (Å²) in [6.07, 6.45) is 17.9. The second-order valence-electron chi connectivity index (χ2n) is 28.1. The van der Waals surface area contributed by atoms with Crippen LogP contribution in [0.3, 0.4) is 0 Å². The SMILES string of the molecule is CCCCCCCCC1(CCCCCCCC)c2cc(-c3ccccc3)ccc2-c2ccc(-c3ccc(-n4c5ccc(-c6ccc7oc8ccccc8c7c6)cc5c5cc(-c6ccc7c(c6)c6cc(-c8ccc9oc%10ccccc%10c9c8)ccc6n7-c6ccccc6)ccc54)cc3)cc21.[P-3]. The fourth-order valence-electron chi connectivity index (χ4n) is 17.1. The van der Waals surface area contributed by atoms with Crippen molar-refractivity contribution in [2.75, 3.05) is 0 Å². The van der Waals surface area contributed by atoms with Crippen LogP contribution in [0, 0.1) is 0 Å². The highest BCUT2D eigenvalue weighted by Gasteiger charge is 2.43. The van der Waals surface area contributed by atoms with Crippen LogP contribution >= 0.6 is 9.90 Å². The fourth-order valence-corrected chi connectivity index (χ4v) is 17.1. The third-order valence-corrected chi connectivity index (χ3v) is 22.1. The smallest absolute Gasteiger partial charge is 0.135 e. The lowest BCUT2D eigenvalue weighted by Gasteiger charge is -3.00. The minimum Gasteiger partial charge on any atom is -3.00 e. The van der Waals surface area contributed by atoms with Gasteiger partial charge in [-0.25, -0.2) is 0 Å². The maximum absolute atomic E-state index is 6.35. The number of fused-ring (bicyclic) bond motifs is 15. The Labute approximate surface area is 589 Å². The van der Waals surface area contributed by atoms with Gasteiger partial charge in [-0.05, 0) is 212 Å². The second-order valence-corrected chi connectivity index (χ2v) is 28.1. The van der Waals surface area contributed by atoms with E-state index in [0.29, 0.717) is 0 Å². The first kappa shape index (κ1) is 63.0. The number of aromatic nitrogens is 2. The zero-order chi connectivity index (χ0) is 66.0. The van der Waals surface area contributed by atoms with Gasteiger partial charge in [-0.3, -0.25) is 0 Å². The van der Waals surface area contributed by atoms with Crippen molar-refractivity contribution in [2.24, 2.45) is 0 Å². The molecule has 5 heteroatoms. The number of hydrogen-bond acceptors (Lipinski definition) is 2. The van der Waals surface area contributed by atoms with Crippen molar-refractivity contribution in [3.8, 4) is 78.1 Å². The van der Waals surface area contributed by atoms with E-state index >= 15 is 0 Å². The number of rotatable bonds is 21. The number of nitrogens with zero attached hydrogens (tertiary/aromatic N) is 2. The van der Waals surface area contributed by atoms with E-state index in [0.717, 1.165) is 66.4 Å². The summed E-state index contributed by atoms with van der Waals surface area (Å²) in [4.78, 5) is 0. The van der Waals surface area contributed by atoms with E-state index in [1.807, 2.05) is 12.1 Å². The van der Waals surface area contributed by atoms with Gasteiger partial charge in [0.15, 0.2) is 0 Å². The minimum atomic E-state index is -0.0522. The topological polar surface area (TPSA) is 36.1 Å². The van der Waals surface area contributed by atoms with Gasteiger partial charge in [-0.2, -0.15) is 0 Å². The summed E-state index contributed by atoms with van der Waals surface area (Å²) in [5.74, 6) is 0. The Balaban J connectivity index is 0.00000748. The van der Waals surface area contributed by atoms with Crippen LogP contribution in [0.15, 0.2) is 288 Å². The van der Waals surface area contributed by atoms with Crippen LogP contribution in [0.4, 0.5) is 0 Å². The molecule has 0 saturated heterocycles. The van der Waals surface area contributed by atoms with Gasteiger partial charge in [0.2, 0.25) is 0 Å². The van der Waals surface area contributed by atoms with E-state index in [2.05, 4.69) is 290 Å². The van der Waals surface area contributed by atoms with E-state index in [1.165, 1.54) is 195 Å². The number of furan rings is 2. The van der Waals surface area contributed by atoms with E-state index in [9.17, 15) is 0 Å². The van der Waals surface area contributed by atoms with E-state index in [4.69, 9.17) is 8.83 Å². The molecule has 1 aliphatic rings. The summed E-state index contributed by atoms with van der Waals surface area (Å²) >= 11 is 0. The first-order valence-electron chi connectivity index (χ1n) is 36.5. The van der Waals surface area contributed by atoms with Crippen molar-refractivity contribution in [3.05, 3.63) is 290 Å². The third kappa shape index (κ3) is 11.0. The van der Waals surface area contributed by atoms with Crippen LogP contribution in [0.5, 0.6) is 0 Å². The van der Waals surface area contributed by atoms with Crippen LogP contribution in [0.25, 0.3) is 166 Å². The molecule has 0 saturated carbocycles. The molecule has 0 unspecified atom stereocenters. The zero-order valence-electron chi connectivity index (χ0n) is 57.1. The van der Waals surface area contributed by atoms with Gasteiger partial charge in [0.25, 0.3) is 0 Å². The molecular weight excluding hydrogens is 1230 g/mol. The van der Waals surface area contributed by atoms with Crippen LogP contribution in [0.1, 0.15) is 115 Å². The molecule has 17 aromatic rings. The Morgan fingerprint density at radius 1 is 0.250 bits per heavy atom. The largest absolute Gasteiger partial charge is 3.00 e. The molecule has 0 N–H and O–H groups in total. The van der Waals surface area contributed by atoms with E-state index in [-0.39, 0.29) is 15.3 Å². The molecule has 0 aliphatic heterocycles. The molecule has 0 spiro atoms. The Kier molecular flexibility index (Phi) is 16.8. The lowest BCUT2D eigenvalue weighted by molar-refractivity contribution is 0.398. The molecule has 0 amide bonds. The number of para-hydroxylation sites is 3. The van der Waals surface area contributed by atoms with Crippen LogP contribution in [0.2, 0.25) is 0 Å². The quantitative estimate of drug-likeness (QED) is 0.0531.